The van der Waals surface area contributed by atoms with Gasteiger partial charge in [0.25, 0.3) is 0 Å². The SMILES string of the molecule is COc1ccc(C(Cc2cccs2)C(=O)N(C)CCC2CCCCO2)cc1. The largest absolute Gasteiger partial charge is 0.497 e. The fourth-order valence-electron chi connectivity index (χ4n) is 3.56. The molecule has 1 amide bonds. The summed E-state index contributed by atoms with van der Waals surface area (Å²) in [4.78, 5) is 16.4. The lowest BCUT2D eigenvalue weighted by molar-refractivity contribution is -0.132. The maximum Gasteiger partial charge on any atom is 0.230 e. The maximum absolute atomic E-state index is 13.3. The van der Waals surface area contributed by atoms with E-state index in [1.807, 2.05) is 42.3 Å². The van der Waals surface area contributed by atoms with Crippen LogP contribution in [0.2, 0.25) is 0 Å². The standard InChI is InChI=1S/C22H29NO3S/c1-23(13-12-19-6-3-4-14-26-19)22(24)21(16-20-7-5-15-27-20)17-8-10-18(25-2)11-9-17/h5,7-11,15,19,21H,3-4,6,12-14,16H2,1-2H3. The summed E-state index contributed by atoms with van der Waals surface area (Å²) < 4.78 is 11.1. The smallest absolute Gasteiger partial charge is 0.230 e. The summed E-state index contributed by atoms with van der Waals surface area (Å²) in [5, 5.41) is 2.06. The molecule has 2 unspecified atom stereocenters. The molecule has 2 atom stereocenters. The monoisotopic (exact) mass is 387 g/mol. The van der Waals surface area contributed by atoms with Gasteiger partial charge in [0.05, 0.1) is 19.1 Å². The van der Waals surface area contributed by atoms with Crippen LogP contribution in [0, 0.1) is 0 Å². The van der Waals surface area contributed by atoms with Crippen molar-refractivity contribution in [1.29, 1.82) is 0 Å². The van der Waals surface area contributed by atoms with Crippen LogP contribution < -0.4 is 4.74 Å². The molecule has 0 saturated carbocycles. The normalized spacial score (nSPS) is 18.1. The molecule has 1 saturated heterocycles. The highest BCUT2D eigenvalue weighted by atomic mass is 32.1. The lowest BCUT2D eigenvalue weighted by atomic mass is 9.93. The Morgan fingerprint density at radius 2 is 2.11 bits per heavy atom. The van der Waals surface area contributed by atoms with Crippen LogP contribution in [0.1, 0.15) is 42.0 Å². The number of carbonyl (C=O) groups excluding carboxylic acids is 1. The summed E-state index contributed by atoms with van der Waals surface area (Å²) in [5.74, 6) is 0.806. The molecule has 27 heavy (non-hydrogen) atoms. The van der Waals surface area contributed by atoms with Gasteiger partial charge in [-0.25, -0.2) is 0 Å². The van der Waals surface area contributed by atoms with E-state index in [1.165, 1.54) is 11.3 Å². The van der Waals surface area contributed by atoms with E-state index in [2.05, 4.69) is 11.4 Å². The van der Waals surface area contributed by atoms with Crippen LogP contribution in [-0.2, 0) is 16.0 Å². The first-order valence-corrected chi connectivity index (χ1v) is 10.6. The van der Waals surface area contributed by atoms with Crippen molar-refractivity contribution < 1.29 is 14.3 Å². The van der Waals surface area contributed by atoms with Crippen molar-refractivity contribution in [1.82, 2.24) is 4.90 Å². The van der Waals surface area contributed by atoms with Crippen molar-refractivity contribution in [3.05, 3.63) is 52.2 Å². The van der Waals surface area contributed by atoms with Crippen molar-refractivity contribution >= 4 is 17.2 Å². The Morgan fingerprint density at radius 1 is 1.30 bits per heavy atom. The van der Waals surface area contributed by atoms with Gasteiger partial charge >= 0.3 is 0 Å². The van der Waals surface area contributed by atoms with E-state index < -0.39 is 0 Å². The van der Waals surface area contributed by atoms with Crippen molar-refractivity contribution in [3.8, 4) is 5.75 Å². The predicted octanol–water partition coefficient (Wildman–Crippen LogP) is 4.50. The third-order valence-electron chi connectivity index (χ3n) is 5.24. The van der Waals surface area contributed by atoms with Crippen LogP contribution in [0.25, 0.3) is 0 Å². The van der Waals surface area contributed by atoms with E-state index in [0.29, 0.717) is 6.10 Å². The summed E-state index contributed by atoms with van der Waals surface area (Å²) in [6.45, 7) is 1.59. The first kappa shape index (κ1) is 19.9. The Morgan fingerprint density at radius 3 is 2.74 bits per heavy atom. The minimum Gasteiger partial charge on any atom is -0.497 e. The minimum absolute atomic E-state index is 0.171. The number of rotatable bonds is 8. The molecule has 0 bridgehead atoms. The zero-order valence-corrected chi connectivity index (χ0v) is 17.0. The van der Waals surface area contributed by atoms with E-state index in [1.54, 1.807) is 18.4 Å². The third-order valence-corrected chi connectivity index (χ3v) is 6.14. The lowest BCUT2D eigenvalue weighted by Gasteiger charge is -2.27. The summed E-state index contributed by atoms with van der Waals surface area (Å²) in [6.07, 6.45) is 5.44. The first-order chi connectivity index (χ1) is 13.2. The summed E-state index contributed by atoms with van der Waals surface area (Å²) >= 11 is 1.70. The second kappa shape index (κ2) is 9.90. The number of thiophene rings is 1. The molecule has 3 rings (SSSR count). The van der Waals surface area contributed by atoms with Crippen molar-refractivity contribution in [2.24, 2.45) is 0 Å². The molecule has 1 aromatic carbocycles. The molecule has 0 spiro atoms. The Kier molecular flexibility index (Phi) is 7.30. The van der Waals surface area contributed by atoms with Crippen LogP contribution in [0.5, 0.6) is 5.75 Å². The quantitative estimate of drug-likeness (QED) is 0.669. The maximum atomic E-state index is 13.3. The molecular weight excluding hydrogens is 358 g/mol. The number of ether oxygens (including phenoxy) is 2. The molecule has 2 heterocycles. The fraction of sp³-hybridized carbons (Fsp3) is 0.500. The van der Waals surface area contributed by atoms with Gasteiger partial charge in [0.1, 0.15) is 5.75 Å². The van der Waals surface area contributed by atoms with Gasteiger partial charge in [0.2, 0.25) is 5.91 Å². The fourth-order valence-corrected chi connectivity index (χ4v) is 4.31. The van der Waals surface area contributed by atoms with E-state index in [9.17, 15) is 4.79 Å². The number of benzene rings is 1. The van der Waals surface area contributed by atoms with Crippen LogP contribution in [0.15, 0.2) is 41.8 Å². The number of nitrogens with zero attached hydrogens (tertiary/aromatic N) is 1. The zero-order chi connectivity index (χ0) is 19.1. The van der Waals surface area contributed by atoms with Crippen LogP contribution >= 0.6 is 11.3 Å². The van der Waals surface area contributed by atoms with Gasteiger partial charge in [-0.1, -0.05) is 18.2 Å². The third kappa shape index (κ3) is 5.56. The minimum atomic E-state index is -0.174. The van der Waals surface area contributed by atoms with E-state index >= 15 is 0 Å². The van der Waals surface area contributed by atoms with Gasteiger partial charge < -0.3 is 14.4 Å². The molecule has 146 valence electrons. The number of hydrogen-bond donors (Lipinski definition) is 0. The second-order valence-electron chi connectivity index (χ2n) is 7.15. The number of hydrogen-bond acceptors (Lipinski definition) is 4. The number of methoxy groups -OCH3 is 1. The molecule has 1 fully saturated rings. The molecular formula is C22H29NO3S. The van der Waals surface area contributed by atoms with E-state index in [-0.39, 0.29) is 11.8 Å². The van der Waals surface area contributed by atoms with Crippen molar-refractivity contribution in [2.75, 3.05) is 27.3 Å². The Balaban J connectivity index is 1.68. The summed E-state index contributed by atoms with van der Waals surface area (Å²) in [5.41, 5.74) is 1.04. The number of carbonyl (C=O) groups is 1. The van der Waals surface area contributed by atoms with Gasteiger partial charge in [0.15, 0.2) is 0 Å². The van der Waals surface area contributed by atoms with Gasteiger partial charge in [0, 0.05) is 25.1 Å². The molecule has 0 N–H and O–H groups in total. The molecule has 0 aliphatic carbocycles. The average molecular weight is 388 g/mol. The molecule has 1 aliphatic rings. The molecule has 0 radical (unpaired) electrons. The Bertz CT molecular complexity index is 693. The van der Waals surface area contributed by atoms with E-state index in [4.69, 9.17) is 9.47 Å². The van der Waals surface area contributed by atoms with Gasteiger partial charge in [-0.05, 0) is 61.2 Å². The zero-order valence-electron chi connectivity index (χ0n) is 16.2. The van der Waals surface area contributed by atoms with Gasteiger partial charge in [-0.15, -0.1) is 11.3 Å². The first-order valence-electron chi connectivity index (χ1n) is 9.70. The highest BCUT2D eigenvalue weighted by Crippen LogP contribution is 2.27. The van der Waals surface area contributed by atoms with Crippen molar-refractivity contribution in [2.45, 2.75) is 44.1 Å². The topological polar surface area (TPSA) is 38.8 Å². The molecule has 2 aromatic rings. The van der Waals surface area contributed by atoms with Gasteiger partial charge in [-0.2, -0.15) is 0 Å². The van der Waals surface area contributed by atoms with Crippen LogP contribution in [0.3, 0.4) is 0 Å². The molecule has 1 aromatic heterocycles. The molecule has 5 heteroatoms. The Hall–Kier alpha value is -1.85. The molecule has 4 nitrogen and oxygen atoms in total. The summed E-state index contributed by atoms with van der Waals surface area (Å²) in [6, 6.07) is 12.0. The Labute approximate surface area is 166 Å². The van der Waals surface area contributed by atoms with E-state index in [0.717, 1.165) is 50.1 Å². The predicted molar refractivity (Wildman–Crippen MR) is 110 cm³/mol. The van der Waals surface area contributed by atoms with Crippen LogP contribution in [0.4, 0.5) is 0 Å². The number of likely N-dealkylation sites (N-methyl/N-ethyl adjacent to an activating group) is 1. The van der Waals surface area contributed by atoms with Crippen LogP contribution in [-0.4, -0.2) is 44.2 Å². The number of amides is 1. The highest BCUT2D eigenvalue weighted by molar-refractivity contribution is 7.09. The second-order valence-corrected chi connectivity index (χ2v) is 8.18. The highest BCUT2D eigenvalue weighted by Gasteiger charge is 2.25. The van der Waals surface area contributed by atoms with Crippen molar-refractivity contribution in [3.63, 3.8) is 0 Å². The summed E-state index contributed by atoms with van der Waals surface area (Å²) in [7, 11) is 3.57. The average Bonchev–Trinajstić information content (AvgIpc) is 3.24. The van der Waals surface area contributed by atoms with Gasteiger partial charge in [-0.3, -0.25) is 4.79 Å². The lowest BCUT2D eigenvalue weighted by Crippen LogP contribution is -2.35. The molecule has 1 aliphatic heterocycles.